The zero-order valence-corrected chi connectivity index (χ0v) is 49.4. The van der Waals surface area contributed by atoms with E-state index in [-0.39, 0.29) is 5.69 Å². The van der Waals surface area contributed by atoms with Gasteiger partial charge in [0.05, 0.1) is 101 Å². The first kappa shape index (κ1) is 54.7. The number of aromatic nitrogens is 4. The Morgan fingerprint density at radius 1 is 0.300 bits per heavy atom. The number of fused-ring (bicyclic) bond motifs is 12. The number of halogens is 3. The van der Waals surface area contributed by atoms with Gasteiger partial charge in [-0.15, -0.1) is 0 Å². The van der Waals surface area contributed by atoms with Gasteiger partial charge in [-0.3, -0.25) is 0 Å². The van der Waals surface area contributed by atoms with Crippen LogP contribution >= 0.6 is 0 Å². The van der Waals surface area contributed by atoms with Crippen LogP contribution in [-0.4, -0.2) is 18.3 Å². The fraction of sp³-hybridized carbons (Fsp3) is 0.0625. The molecule has 0 bridgehead atoms. The van der Waals surface area contributed by atoms with Crippen molar-refractivity contribution in [2.45, 2.75) is 33.9 Å². The van der Waals surface area contributed by atoms with E-state index in [0.717, 1.165) is 121 Å². The Morgan fingerprint density at radius 2 is 0.622 bits per heavy atom. The third-order valence-electron chi connectivity index (χ3n) is 17.8. The van der Waals surface area contributed by atoms with Crippen LogP contribution in [0, 0.1) is 61.7 Å². The average Bonchev–Trinajstić information content (AvgIpc) is 1.93. The second-order valence-electron chi connectivity index (χ2n) is 23.1. The highest BCUT2D eigenvalue weighted by Gasteiger charge is 2.38. The maximum absolute atomic E-state index is 15.6. The lowest BCUT2D eigenvalue weighted by Gasteiger charge is -2.24. The fourth-order valence-corrected chi connectivity index (χ4v) is 13.9. The molecule has 90 heavy (non-hydrogen) atoms. The molecule has 0 spiro atoms. The SMILES string of the molecule is Cc1cccc2c3ccccc3n(-c3cc(-c4cccc(C#N)c4)cc(C#N)c3-n3c4ccccc4c4cccc(C)c43)c12.Cc1cccc2c3ccccc3n(-c3cc(-c4cccc(C#N)c4)cc(C(F)(F)F)c3-n3c4ccccc4c4cccc(C)c43)c12. The highest BCUT2D eigenvalue weighted by Crippen LogP contribution is 2.48. The van der Waals surface area contributed by atoms with Gasteiger partial charge in [-0.2, -0.15) is 29.0 Å². The van der Waals surface area contributed by atoms with Crippen molar-refractivity contribution < 1.29 is 13.2 Å². The topological polar surface area (TPSA) is 91.1 Å². The molecule has 428 valence electrons. The molecule has 0 amide bonds. The zero-order chi connectivity index (χ0) is 61.7. The van der Waals surface area contributed by atoms with Gasteiger partial charge in [0.25, 0.3) is 0 Å². The maximum Gasteiger partial charge on any atom is 0.418 e. The van der Waals surface area contributed by atoms with Crippen molar-refractivity contribution in [3.63, 3.8) is 0 Å². The molecule has 0 saturated heterocycles. The number of aryl methyl sites for hydroxylation is 4. The van der Waals surface area contributed by atoms with E-state index in [9.17, 15) is 15.8 Å². The Hall–Kier alpha value is -11.9. The lowest BCUT2D eigenvalue weighted by Crippen LogP contribution is -2.15. The Balaban J connectivity index is 0.000000150. The molecular formula is C80H52F3N7. The first-order valence-corrected chi connectivity index (χ1v) is 29.7. The largest absolute Gasteiger partial charge is 0.418 e. The second-order valence-corrected chi connectivity index (χ2v) is 23.1. The molecule has 16 rings (SSSR count). The van der Waals surface area contributed by atoms with Crippen molar-refractivity contribution in [2.24, 2.45) is 0 Å². The standard InChI is InChI=1S/C40H26F3N3.C40H26N4/c1-24-10-7-16-31-29-14-3-5-18-34(29)45(37(24)31)36-22-28(27-13-9-12-26(20-27)23-44)21-33(40(41,42)43)39(36)46-35-19-6-4-15-30(35)32-17-8-11-25(2)38(32)46;1-25-10-7-16-33-31-14-3-5-18-35(31)43(38(25)33)37-22-29(28-13-9-12-27(20-28)23-41)21-30(24-42)40(37)44-36-19-6-4-15-32(36)34-17-8-11-26(2)39(34)44/h3-22H,1-2H3;3-22H,1-2H3. The van der Waals surface area contributed by atoms with E-state index in [2.05, 4.69) is 132 Å². The van der Waals surface area contributed by atoms with E-state index in [1.165, 1.54) is 11.5 Å². The predicted octanol–water partition coefficient (Wildman–Crippen LogP) is 21.0. The quantitative estimate of drug-likeness (QED) is 0.166. The number of alkyl halides is 3. The van der Waals surface area contributed by atoms with Crippen LogP contribution in [0.1, 0.15) is 44.5 Å². The number of nitrogens with zero attached hydrogens (tertiary/aromatic N) is 7. The van der Waals surface area contributed by atoms with E-state index in [1.807, 2.05) is 134 Å². The van der Waals surface area contributed by atoms with Crippen molar-refractivity contribution in [2.75, 3.05) is 0 Å². The number of hydrogen-bond donors (Lipinski definition) is 0. The highest BCUT2D eigenvalue weighted by atomic mass is 19.4. The maximum atomic E-state index is 15.6. The summed E-state index contributed by atoms with van der Waals surface area (Å²) in [6, 6.07) is 85.7. The Labute approximate surface area is 516 Å². The summed E-state index contributed by atoms with van der Waals surface area (Å²) in [5.74, 6) is 0. The molecule has 0 radical (unpaired) electrons. The number of para-hydroxylation sites is 8. The highest BCUT2D eigenvalue weighted by molar-refractivity contribution is 6.15. The third kappa shape index (κ3) is 8.55. The molecule has 4 aromatic heterocycles. The minimum atomic E-state index is -4.71. The van der Waals surface area contributed by atoms with Gasteiger partial charge in [-0.05, 0) is 145 Å². The molecule has 12 aromatic carbocycles. The van der Waals surface area contributed by atoms with Crippen LogP contribution in [-0.2, 0) is 6.18 Å². The molecule has 16 aromatic rings. The van der Waals surface area contributed by atoms with Gasteiger partial charge < -0.3 is 18.3 Å². The van der Waals surface area contributed by atoms with Crippen LogP contribution in [0.2, 0.25) is 0 Å². The van der Waals surface area contributed by atoms with E-state index in [1.54, 1.807) is 34.9 Å². The summed E-state index contributed by atoms with van der Waals surface area (Å²) < 4.78 is 55.3. The summed E-state index contributed by atoms with van der Waals surface area (Å²) in [6.07, 6.45) is -4.71. The Bertz CT molecular complexity index is 5830. The van der Waals surface area contributed by atoms with Gasteiger partial charge in [0, 0.05) is 43.1 Å². The lowest BCUT2D eigenvalue weighted by molar-refractivity contribution is -0.137. The molecule has 10 heteroatoms. The van der Waals surface area contributed by atoms with Gasteiger partial charge in [-0.25, -0.2) is 0 Å². The van der Waals surface area contributed by atoms with Crippen LogP contribution in [0.25, 0.3) is 132 Å². The number of nitriles is 3. The van der Waals surface area contributed by atoms with Crippen molar-refractivity contribution in [1.82, 2.24) is 18.3 Å². The van der Waals surface area contributed by atoms with Gasteiger partial charge in [-0.1, -0.05) is 170 Å². The zero-order valence-electron chi connectivity index (χ0n) is 49.4. The third-order valence-corrected chi connectivity index (χ3v) is 17.8. The number of benzene rings is 12. The van der Waals surface area contributed by atoms with Crippen molar-refractivity contribution in [1.29, 1.82) is 15.8 Å². The lowest BCUT2D eigenvalue weighted by atomic mass is 9.97. The van der Waals surface area contributed by atoms with E-state index in [4.69, 9.17) is 0 Å². The molecule has 7 nitrogen and oxygen atoms in total. The summed E-state index contributed by atoms with van der Waals surface area (Å²) >= 11 is 0. The van der Waals surface area contributed by atoms with Crippen molar-refractivity contribution in [3.05, 3.63) is 287 Å². The summed E-state index contributed by atoms with van der Waals surface area (Å²) in [4.78, 5) is 0. The minimum Gasteiger partial charge on any atom is -0.307 e. The predicted molar refractivity (Wildman–Crippen MR) is 359 cm³/mol. The van der Waals surface area contributed by atoms with Gasteiger partial charge >= 0.3 is 6.18 Å². The number of hydrogen-bond acceptors (Lipinski definition) is 3. The van der Waals surface area contributed by atoms with Crippen LogP contribution in [0.15, 0.2) is 243 Å². The molecule has 0 N–H and O–H groups in total. The molecule has 0 aliphatic rings. The Morgan fingerprint density at radius 3 is 1.00 bits per heavy atom. The average molecular weight is 1170 g/mol. The molecule has 0 fully saturated rings. The van der Waals surface area contributed by atoms with Crippen LogP contribution in [0.5, 0.6) is 0 Å². The molecule has 0 saturated carbocycles. The fourth-order valence-electron chi connectivity index (χ4n) is 13.9. The second kappa shape index (κ2) is 21.2. The molecule has 4 heterocycles. The van der Waals surface area contributed by atoms with E-state index >= 15 is 13.2 Å². The van der Waals surface area contributed by atoms with E-state index in [0.29, 0.717) is 39.0 Å². The first-order chi connectivity index (χ1) is 43.8. The molecule has 0 aliphatic carbocycles. The molecule has 0 aliphatic heterocycles. The normalized spacial score (nSPS) is 11.7. The van der Waals surface area contributed by atoms with Crippen molar-refractivity contribution in [3.8, 4) is 63.2 Å². The monoisotopic (exact) mass is 1170 g/mol. The van der Waals surface area contributed by atoms with Crippen LogP contribution < -0.4 is 0 Å². The van der Waals surface area contributed by atoms with Crippen LogP contribution in [0.4, 0.5) is 13.2 Å². The van der Waals surface area contributed by atoms with Crippen molar-refractivity contribution >= 4 is 87.2 Å². The van der Waals surface area contributed by atoms with E-state index < -0.39 is 11.7 Å². The van der Waals surface area contributed by atoms with Gasteiger partial charge in [0.15, 0.2) is 0 Å². The summed E-state index contributed by atoms with van der Waals surface area (Å²) in [5.41, 5.74) is 17.1. The number of rotatable bonds is 6. The van der Waals surface area contributed by atoms with Gasteiger partial charge in [0.1, 0.15) is 6.07 Å². The first-order valence-electron chi connectivity index (χ1n) is 29.7. The minimum absolute atomic E-state index is 0.0547. The molecular weight excluding hydrogens is 1120 g/mol. The summed E-state index contributed by atoms with van der Waals surface area (Å²) in [6.45, 7) is 8.22. The van der Waals surface area contributed by atoms with Crippen LogP contribution in [0.3, 0.4) is 0 Å². The Kier molecular flexibility index (Phi) is 12.9. The smallest absolute Gasteiger partial charge is 0.307 e. The van der Waals surface area contributed by atoms with Gasteiger partial charge in [0.2, 0.25) is 0 Å². The summed E-state index contributed by atoms with van der Waals surface area (Å²) in [7, 11) is 0. The molecule has 0 unspecified atom stereocenters. The molecule has 0 atom stereocenters. The summed E-state index contributed by atoms with van der Waals surface area (Å²) in [5, 5.41) is 38.5.